The molecule has 5 N–H and O–H groups in total. The minimum atomic E-state index is -1.96. The van der Waals surface area contributed by atoms with Crippen molar-refractivity contribution in [1.82, 2.24) is 25.4 Å². The lowest BCUT2D eigenvalue weighted by atomic mass is 9.85. The summed E-state index contributed by atoms with van der Waals surface area (Å²) in [4.78, 5) is 49.1. The number of likely N-dealkylation sites (tertiary alicyclic amines) is 2. The predicted molar refractivity (Wildman–Crippen MR) is 195 cm³/mol. The van der Waals surface area contributed by atoms with E-state index in [0.29, 0.717) is 38.2 Å². The fourth-order valence-corrected chi connectivity index (χ4v) is 7.28. The van der Waals surface area contributed by atoms with Crippen LogP contribution in [0.1, 0.15) is 64.1 Å². The number of thiazole rings is 1. The maximum atomic E-state index is 14.5. The van der Waals surface area contributed by atoms with Gasteiger partial charge in [-0.25, -0.2) is 9.37 Å². The second-order valence-electron chi connectivity index (χ2n) is 15.2. The molecule has 15 heteroatoms. The SMILES string of the molecule is Cc1ncsc1-c1ccc(CNC(=O)[C@@H]2C[C@@H](O)CN2C(=O)[C@@H](NC(=O)C2(F)CC2)C(C)(C)C)c(OCCOCCOCCN2CCC(N)CC2)c1. The number of carbonyl (C=O) groups excluding carboxylic acids is 3. The zero-order chi connectivity index (χ0) is 37.5. The molecule has 2 saturated heterocycles. The number of amides is 3. The molecule has 5 rings (SSSR count). The Kier molecular flexibility index (Phi) is 13.6. The minimum Gasteiger partial charge on any atom is -0.491 e. The van der Waals surface area contributed by atoms with Gasteiger partial charge in [-0.2, -0.15) is 0 Å². The molecule has 1 aliphatic carbocycles. The van der Waals surface area contributed by atoms with Crippen LogP contribution in [0.15, 0.2) is 23.7 Å². The summed E-state index contributed by atoms with van der Waals surface area (Å²) < 4.78 is 32.2. The largest absolute Gasteiger partial charge is 0.491 e. The number of ether oxygens (including phenoxy) is 3. The molecular weight excluding hydrogens is 692 g/mol. The van der Waals surface area contributed by atoms with E-state index in [4.69, 9.17) is 19.9 Å². The van der Waals surface area contributed by atoms with Crippen LogP contribution in [0.4, 0.5) is 4.39 Å². The monoisotopic (exact) mass is 746 g/mol. The molecule has 1 saturated carbocycles. The number of alkyl halides is 1. The molecule has 1 aromatic heterocycles. The summed E-state index contributed by atoms with van der Waals surface area (Å²) in [5.74, 6) is -1.23. The molecule has 0 radical (unpaired) electrons. The first-order chi connectivity index (χ1) is 24.7. The highest BCUT2D eigenvalue weighted by atomic mass is 32.1. The number of nitrogens with zero attached hydrogens (tertiary/aromatic N) is 3. The average Bonchev–Trinajstić information content (AvgIpc) is 3.51. The number of hydrogen-bond acceptors (Lipinski definition) is 11. The number of hydrogen-bond donors (Lipinski definition) is 4. The van der Waals surface area contributed by atoms with Gasteiger partial charge in [0.25, 0.3) is 5.91 Å². The molecule has 2 aromatic rings. The number of carbonyl (C=O) groups is 3. The number of halogens is 1. The summed E-state index contributed by atoms with van der Waals surface area (Å²) >= 11 is 1.53. The van der Waals surface area contributed by atoms with Crippen molar-refractivity contribution in [3.8, 4) is 16.2 Å². The Hall–Kier alpha value is -3.21. The molecule has 2 aliphatic heterocycles. The van der Waals surface area contributed by atoms with E-state index in [0.717, 1.165) is 54.2 Å². The van der Waals surface area contributed by atoms with E-state index in [9.17, 15) is 23.9 Å². The average molecular weight is 747 g/mol. The molecule has 3 fully saturated rings. The molecule has 0 bridgehead atoms. The highest BCUT2D eigenvalue weighted by Crippen LogP contribution is 2.40. The van der Waals surface area contributed by atoms with Gasteiger partial charge in [0, 0.05) is 37.7 Å². The lowest BCUT2D eigenvalue weighted by Crippen LogP contribution is -2.59. The third-order valence-corrected chi connectivity index (χ3v) is 10.9. The molecule has 3 atom stereocenters. The molecule has 3 aliphatic rings. The van der Waals surface area contributed by atoms with Crippen LogP contribution in [-0.4, -0.2) is 127 Å². The molecule has 13 nitrogen and oxygen atoms in total. The van der Waals surface area contributed by atoms with Crippen molar-refractivity contribution in [3.05, 3.63) is 35.0 Å². The number of nitrogens with two attached hydrogens (primary N) is 1. The zero-order valence-corrected chi connectivity index (χ0v) is 31.6. The normalized spacial score (nSPS) is 21.2. The Morgan fingerprint density at radius 1 is 1.12 bits per heavy atom. The van der Waals surface area contributed by atoms with Crippen molar-refractivity contribution < 1.29 is 38.1 Å². The molecular formula is C37H55FN6O7S. The molecule has 3 heterocycles. The third kappa shape index (κ3) is 10.7. The maximum Gasteiger partial charge on any atom is 0.258 e. The topological polar surface area (TPSA) is 169 Å². The molecule has 288 valence electrons. The van der Waals surface area contributed by atoms with Gasteiger partial charge in [0.1, 0.15) is 24.4 Å². The number of rotatable bonds is 17. The summed E-state index contributed by atoms with van der Waals surface area (Å²) in [7, 11) is 0. The van der Waals surface area contributed by atoms with Gasteiger partial charge >= 0.3 is 0 Å². The van der Waals surface area contributed by atoms with Gasteiger partial charge in [-0.1, -0.05) is 32.9 Å². The molecule has 3 amide bonds. The third-order valence-electron chi connectivity index (χ3n) is 9.92. The second kappa shape index (κ2) is 17.7. The highest BCUT2D eigenvalue weighted by molar-refractivity contribution is 7.13. The van der Waals surface area contributed by atoms with Crippen molar-refractivity contribution >= 4 is 29.1 Å². The summed E-state index contributed by atoms with van der Waals surface area (Å²) in [5.41, 5.74) is 7.60. The van der Waals surface area contributed by atoms with Crippen LogP contribution in [0.2, 0.25) is 0 Å². The van der Waals surface area contributed by atoms with Crippen LogP contribution >= 0.6 is 11.3 Å². The Bertz CT molecular complexity index is 1520. The summed E-state index contributed by atoms with van der Waals surface area (Å²) in [6.07, 6.45) is 1.40. The van der Waals surface area contributed by atoms with E-state index in [1.807, 2.05) is 25.1 Å². The van der Waals surface area contributed by atoms with Crippen LogP contribution in [0.5, 0.6) is 5.75 Å². The Morgan fingerprint density at radius 3 is 2.46 bits per heavy atom. The van der Waals surface area contributed by atoms with Crippen LogP contribution in [0.25, 0.3) is 10.4 Å². The number of β-amino-alcohol motifs (C(OH)–C–C–N with tert-alkyl or cyclic N) is 1. The van der Waals surface area contributed by atoms with E-state index in [-0.39, 0.29) is 39.0 Å². The second-order valence-corrected chi connectivity index (χ2v) is 16.0. The van der Waals surface area contributed by atoms with E-state index in [1.54, 1.807) is 26.3 Å². The van der Waals surface area contributed by atoms with Crippen molar-refractivity contribution in [2.45, 2.75) is 96.2 Å². The van der Waals surface area contributed by atoms with Gasteiger partial charge < -0.3 is 45.5 Å². The molecule has 1 aromatic carbocycles. The standard InChI is InChI=1S/C37H55FN6O7S/c1-24-31(52-23-41-24)25-5-6-26(30(19-25)51-18-17-50-16-15-49-14-13-43-11-7-27(39)8-12-43)21-40-33(46)29-20-28(45)22-44(29)34(47)32(36(2,3)4)42-35(48)37(38)9-10-37/h5-6,19,23,27-29,32,45H,7-18,20-22,39H2,1-4H3,(H,40,46)(H,42,48)/t28-,29+,32-/m1/s1. The van der Waals surface area contributed by atoms with Crippen LogP contribution < -0.4 is 21.1 Å². The fourth-order valence-electron chi connectivity index (χ4n) is 6.48. The Balaban J connectivity index is 1.15. The van der Waals surface area contributed by atoms with Crippen LogP contribution in [-0.2, 0) is 30.4 Å². The highest BCUT2D eigenvalue weighted by Gasteiger charge is 2.53. The lowest BCUT2D eigenvalue weighted by Gasteiger charge is -2.35. The van der Waals surface area contributed by atoms with Gasteiger partial charge in [0.05, 0.1) is 48.6 Å². The summed E-state index contributed by atoms with van der Waals surface area (Å²) in [6, 6.07) is 4.02. The van der Waals surface area contributed by atoms with Crippen molar-refractivity contribution in [2.75, 3.05) is 59.2 Å². The smallest absolute Gasteiger partial charge is 0.258 e. The van der Waals surface area contributed by atoms with E-state index in [2.05, 4.69) is 20.5 Å². The number of aliphatic hydroxyl groups is 1. The van der Waals surface area contributed by atoms with Gasteiger partial charge in [-0.15, -0.1) is 11.3 Å². The fraction of sp³-hybridized carbons (Fsp3) is 0.676. The quantitative estimate of drug-likeness (QED) is 0.177. The number of nitrogens with one attached hydrogen (secondary N) is 2. The Morgan fingerprint density at radius 2 is 1.81 bits per heavy atom. The van der Waals surface area contributed by atoms with Crippen LogP contribution in [0.3, 0.4) is 0 Å². The summed E-state index contributed by atoms with van der Waals surface area (Å²) in [6.45, 7) is 12.4. The first kappa shape index (κ1) is 40.0. The number of aromatic nitrogens is 1. The van der Waals surface area contributed by atoms with Crippen molar-refractivity contribution in [3.63, 3.8) is 0 Å². The zero-order valence-electron chi connectivity index (χ0n) is 30.8. The van der Waals surface area contributed by atoms with Gasteiger partial charge in [-0.3, -0.25) is 14.4 Å². The molecule has 0 spiro atoms. The first-order valence-electron chi connectivity index (χ1n) is 18.3. The number of aryl methyl sites for hydroxylation is 1. The van der Waals surface area contributed by atoms with Crippen molar-refractivity contribution in [2.24, 2.45) is 11.1 Å². The van der Waals surface area contributed by atoms with E-state index in [1.165, 1.54) is 16.2 Å². The number of piperidine rings is 1. The first-order valence-corrected chi connectivity index (χ1v) is 19.2. The Labute approximate surface area is 309 Å². The van der Waals surface area contributed by atoms with Gasteiger partial charge in [0.15, 0.2) is 5.67 Å². The summed E-state index contributed by atoms with van der Waals surface area (Å²) in [5, 5.41) is 16.1. The van der Waals surface area contributed by atoms with Crippen LogP contribution in [0, 0.1) is 12.3 Å². The number of aliphatic hydroxyl groups excluding tert-OH is 1. The van der Waals surface area contributed by atoms with Gasteiger partial charge in [0.2, 0.25) is 11.8 Å². The minimum absolute atomic E-state index is 0.0381. The maximum absolute atomic E-state index is 14.5. The molecule has 52 heavy (non-hydrogen) atoms. The van der Waals surface area contributed by atoms with Crippen molar-refractivity contribution in [1.29, 1.82) is 0 Å². The lowest BCUT2D eigenvalue weighted by molar-refractivity contribution is -0.145. The molecule has 0 unspecified atom stereocenters. The van der Waals surface area contributed by atoms with E-state index < -0.39 is 47.0 Å². The number of benzene rings is 1. The van der Waals surface area contributed by atoms with E-state index >= 15 is 0 Å². The predicted octanol–water partition coefficient (Wildman–Crippen LogP) is 2.56. The van der Waals surface area contributed by atoms with Gasteiger partial charge in [-0.05, 0) is 62.7 Å².